The van der Waals surface area contributed by atoms with Crippen LogP contribution >= 0.6 is 12.4 Å². The van der Waals surface area contributed by atoms with Crippen LogP contribution in [0, 0.1) is 5.92 Å². The molecule has 0 aromatic heterocycles. The number of hydrogen-bond acceptors (Lipinski definition) is 2. The van der Waals surface area contributed by atoms with E-state index in [0.717, 1.165) is 32.4 Å². The average molecular weight is 275 g/mol. The van der Waals surface area contributed by atoms with Crippen molar-refractivity contribution in [3.8, 4) is 0 Å². The van der Waals surface area contributed by atoms with Gasteiger partial charge in [-0.3, -0.25) is 4.79 Å². The van der Waals surface area contributed by atoms with Gasteiger partial charge < -0.3 is 10.2 Å². The van der Waals surface area contributed by atoms with E-state index < -0.39 is 0 Å². The van der Waals surface area contributed by atoms with Crippen molar-refractivity contribution in [1.82, 2.24) is 10.2 Å². The third-order valence-corrected chi connectivity index (χ3v) is 4.35. The predicted molar refractivity (Wildman–Crippen MR) is 77.1 cm³/mol. The van der Waals surface area contributed by atoms with E-state index in [4.69, 9.17) is 0 Å². The van der Waals surface area contributed by atoms with Gasteiger partial charge in [-0.1, -0.05) is 25.7 Å². The van der Waals surface area contributed by atoms with Crippen molar-refractivity contribution in [2.75, 3.05) is 20.1 Å². The van der Waals surface area contributed by atoms with E-state index in [1.165, 1.54) is 32.1 Å². The first-order valence-corrected chi connectivity index (χ1v) is 7.27. The second-order valence-corrected chi connectivity index (χ2v) is 5.60. The molecule has 1 amide bonds. The number of halogens is 1. The topological polar surface area (TPSA) is 32.3 Å². The summed E-state index contributed by atoms with van der Waals surface area (Å²) in [4.78, 5) is 14.6. The van der Waals surface area contributed by atoms with Gasteiger partial charge in [-0.05, 0) is 32.7 Å². The van der Waals surface area contributed by atoms with Crippen LogP contribution in [0.15, 0.2) is 0 Å². The molecule has 1 saturated carbocycles. The molecule has 0 bridgehead atoms. The second-order valence-electron chi connectivity index (χ2n) is 5.60. The monoisotopic (exact) mass is 274 g/mol. The van der Waals surface area contributed by atoms with Gasteiger partial charge in [0, 0.05) is 25.0 Å². The highest BCUT2D eigenvalue weighted by molar-refractivity contribution is 5.85. The van der Waals surface area contributed by atoms with Gasteiger partial charge in [-0.25, -0.2) is 0 Å². The lowest BCUT2D eigenvalue weighted by Gasteiger charge is -2.34. The molecule has 0 aromatic carbocycles. The molecule has 3 nitrogen and oxygen atoms in total. The highest BCUT2D eigenvalue weighted by Crippen LogP contribution is 2.25. The summed E-state index contributed by atoms with van der Waals surface area (Å²) in [5, 5.41) is 3.31. The zero-order valence-corrected chi connectivity index (χ0v) is 12.3. The van der Waals surface area contributed by atoms with E-state index in [9.17, 15) is 4.79 Å². The fourth-order valence-electron chi connectivity index (χ4n) is 3.20. The number of nitrogens with one attached hydrogen (secondary N) is 1. The van der Waals surface area contributed by atoms with Crippen LogP contribution in [0.5, 0.6) is 0 Å². The van der Waals surface area contributed by atoms with E-state index >= 15 is 0 Å². The fraction of sp³-hybridized carbons (Fsp3) is 0.929. The summed E-state index contributed by atoms with van der Waals surface area (Å²) < 4.78 is 0. The van der Waals surface area contributed by atoms with Gasteiger partial charge in [0.25, 0.3) is 0 Å². The minimum atomic E-state index is 0. The van der Waals surface area contributed by atoms with E-state index in [1.807, 2.05) is 7.05 Å². The first kappa shape index (κ1) is 15.8. The molecule has 1 aliphatic carbocycles. The summed E-state index contributed by atoms with van der Waals surface area (Å²) in [6, 6.07) is 0.512. The van der Waals surface area contributed by atoms with Crippen molar-refractivity contribution in [2.45, 2.75) is 57.4 Å². The fourth-order valence-corrected chi connectivity index (χ4v) is 3.20. The summed E-state index contributed by atoms with van der Waals surface area (Å²) in [6.07, 6.45) is 9.76. The van der Waals surface area contributed by atoms with Crippen LogP contribution in [0.1, 0.15) is 51.4 Å². The zero-order valence-electron chi connectivity index (χ0n) is 11.5. The molecule has 0 spiro atoms. The Balaban J connectivity index is 0.00000162. The third-order valence-electron chi connectivity index (χ3n) is 4.35. The number of rotatable bonds is 2. The molecule has 106 valence electrons. The number of likely N-dealkylation sites (N-methyl/N-ethyl adjacent to an activating group) is 1. The van der Waals surface area contributed by atoms with Crippen LogP contribution in [0.3, 0.4) is 0 Å². The molecule has 2 aliphatic rings. The number of hydrogen-bond donors (Lipinski definition) is 1. The summed E-state index contributed by atoms with van der Waals surface area (Å²) in [7, 11) is 2.00. The number of piperidine rings is 1. The summed E-state index contributed by atoms with van der Waals surface area (Å²) in [6.45, 7) is 1.90. The maximum absolute atomic E-state index is 12.5. The van der Waals surface area contributed by atoms with Crippen molar-refractivity contribution in [3.63, 3.8) is 0 Å². The first-order chi connectivity index (χ1) is 8.31. The average Bonchev–Trinajstić information content (AvgIpc) is 2.67. The number of nitrogens with zero attached hydrogens (tertiary/aromatic N) is 1. The lowest BCUT2D eigenvalue weighted by molar-refractivity contribution is -0.137. The largest absolute Gasteiger partial charge is 0.341 e. The van der Waals surface area contributed by atoms with E-state index in [0.29, 0.717) is 17.9 Å². The predicted octanol–water partition coefficient (Wildman–Crippen LogP) is 2.59. The minimum absolute atomic E-state index is 0. The van der Waals surface area contributed by atoms with E-state index in [1.54, 1.807) is 0 Å². The Morgan fingerprint density at radius 3 is 2.33 bits per heavy atom. The Labute approximate surface area is 117 Å². The molecule has 1 heterocycles. The van der Waals surface area contributed by atoms with Crippen molar-refractivity contribution in [1.29, 1.82) is 0 Å². The second kappa shape index (κ2) is 8.00. The van der Waals surface area contributed by atoms with Crippen molar-refractivity contribution in [2.24, 2.45) is 5.92 Å². The zero-order chi connectivity index (χ0) is 12.1. The quantitative estimate of drug-likeness (QED) is 0.785. The molecule has 1 atom stereocenters. The van der Waals surface area contributed by atoms with Gasteiger partial charge in [-0.2, -0.15) is 0 Å². The summed E-state index contributed by atoms with van der Waals surface area (Å²) in [5.74, 6) is 0.764. The van der Waals surface area contributed by atoms with Gasteiger partial charge in [0.15, 0.2) is 0 Å². The molecule has 4 heteroatoms. The van der Waals surface area contributed by atoms with Crippen LogP contribution in [-0.4, -0.2) is 37.0 Å². The van der Waals surface area contributed by atoms with Gasteiger partial charge in [0.2, 0.25) is 5.91 Å². The van der Waals surface area contributed by atoms with Crippen LogP contribution in [0.4, 0.5) is 0 Å². The normalized spacial score (nSPS) is 26.3. The molecule has 1 aliphatic heterocycles. The Kier molecular flexibility index (Phi) is 7.02. The highest BCUT2D eigenvalue weighted by atomic mass is 35.5. The number of likely N-dealkylation sites (tertiary alicyclic amines) is 1. The van der Waals surface area contributed by atoms with Gasteiger partial charge in [-0.15, -0.1) is 12.4 Å². The van der Waals surface area contributed by atoms with Gasteiger partial charge in [0.1, 0.15) is 0 Å². The molecule has 18 heavy (non-hydrogen) atoms. The summed E-state index contributed by atoms with van der Waals surface area (Å²) in [5.41, 5.74) is 0. The summed E-state index contributed by atoms with van der Waals surface area (Å²) >= 11 is 0. The number of amides is 1. The SMILES string of the molecule is CNC1CCCN(C(=O)C2CCCCCC2)C1.Cl. The molecule has 2 rings (SSSR count). The third kappa shape index (κ3) is 4.13. The molecule has 1 unspecified atom stereocenters. The maximum Gasteiger partial charge on any atom is 0.225 e. The van der Waals surface area contributed by atoms with Crippen LogP contribution < -0.4 is 5.32 Å². The van der Waals surface area contributed by atoms with E-state index in [-0.39, 0.29) is 12.4 Å². The Morgan fingerprint density at radius 2 is 1.72 bits per heavy atom. The van der Waals surface area contributed by atoms with Crippen molar-refractivity contribution in [3.05, 3.63) is 0 Å². The molecule has 0 radical (unpaired) electrons. The van der Waals surface area contributed by atoms with Crippen LogP contribution in [0.25, 0.3) is 0 Å². The molecule has 1 N–H and O–H groups in total. The minimum Gasteiger partial charge on any atom is -0.341 e. The van der Waals surface area contributed by atoms with Crippen molar-refractivity contribution < 1.29 is 4.79 Å². The highest BCUT2D eigenvalue weighted by Gasteiger charge is 2.28. The van der Waals surface area contributed by atoms with Crippen LogP contribution in [-0.2, 0) is 4.79 Å². The molecule has 0 aromatic rings. The first-order valence-electron chi connectivity index (χ1n) is 7.27. The Hall–Kier alpha value is -0.280. The molecular formula is C14H27ClN2O. The standard InChI is InChI=1S/C14H26N2O.ClH/c1-15-13-9-6-10-16(11-13)14(17)12-7-4-2-3-5-8-12;/h12-13,15H,2-11H2,1H3;1H. The Bertz CT molecular complexity index is 252. The van der Waals surface area contributed by atoms with Crippen LogP contribution in [0.2, 0.25) is 0 Å². The number of carbonyl (C=O) groups excluding carboxylic acids is 1. The molecule has 1 saturated heterocycles. The molecule has 2 fully saturated rings. The van der Waals surface area contributed by atoms with Gasteiger partial charge in [0.05, 0.1) is 0 Å². The lowest BCUT2D eigenvalue weighted by atomic mass is 9.96. The molecular weight excluding hydrogens is 248 g/mol. The maximum atomic E-state index is 12.5. The van der Waals surface area contributed by atoms with Gasteiger partial charge >= 0.3 is 0 Å². The van der Waals surface area contributed by atoms with E-state index in [2.05, 4.69) is 10.2 Å². The smallest absolute Gasteiger partial charge is 0.225 e. The lowest BCUT2D eigenvalue weighted by Crippen LogP contribution is -2.48. The Morgan fingerprint density at radius 1 is 1.06 bits per heavy atom. The number of carbonyl (C=O) groups is 1. The van der Waals surface area contributed by atoms with Crippen molar-refractivity contribution >= 4 is 18.3 Å².